The lowest BCUT2D eigenvalue weighted by atomic mass is 10.2. The molecule has 128 valence electrons. The molecule has 0 aliphatic carbocycles. The number of carbonyl (C=O) groups excluding carboxylic acids is 2. The van der Waals surface area contributed by atoms with Gasteiger partial charge in [-0.05, 0) is 19.1 Å². The Morgan fingerprint density at radius 1 is 1.38 bits per heavy atom. The predicted octanol–water partition coefficient (Wildman–Crippen LogP) is 2.42. The lowest BCUT2D eigenvalue weighted by Crippen LogP contribution is -2.28. The number of esters is 1. The van der Waals surface area contributed by atoms with Crippen LogP contribution in [0.15, 0.2) is 24.7 Å². The molecule has 0 saturated carbocycles. The average molecular weight is 358 g/mol. The summed E-state index contributed by atoms with van der Waals surface area (Å²) in [6.07, 6.45) is 2.88. The van der Waals surface area contributed by atoms with Crippen LogP contribution in [0.25, 0.3) is 0 Å². The minimum atomic E-state index is -1.11. The first-order valence-corrected chi connectivity index (χ1v) is 7.42. The smallest absolute Gasteiger partial charge is 0.358 e. The molecule has 9 heteroatoms. The fourth-order valence-electron chi connectivity index (χ4n) is 1.89. The molecule has 1 heterocycles. The highest BCUT2D eigenvalue weighted by Gasteiger charge is 2.17. The molecule has 0 atom stereocenters. The van der Waals surface area contributed by atoms with Gasteiger partial charge in [0.05, 0.1) is 18.5 Å². The van der Waals surface area contributed by atoms with Crippen molar-refractivity contribution >= 4 is 23.5 Å². The lowest BCUT2D eigenvalue weighted by molar-refractivity contribution is 0.0519. The summed E-state index contributed by atoms with van der Waals surface area (Å²) < 4.78 is 33.2. The Balaban J connectivity index is 1.91. The molecule has 0 fully saturated rings. The van der Waals surface area contributed by atoms with Crippen LogP contribution in [0, 0.1) is 11.6 Å². The normalized spacial score (nSPS) is 10.5. The number of benzene rings is 1. The van der Waals surface area contributed by atoms with Gasteiger partial charge in [0.25, 0.3) is 5.91 Å². The van der Waals surface area contributed by atoms with Gasteiger partial charge >= 0.3 is 5.97 Å². The Bertz CT molecular complexity index is 764. The third-order valence-electron chi connectivity index (χ3n) is 3.05. The highest BCUT2D eigenvalue weighted by Crippen LogP contribution is 2.21. The van der Waals surface area contributed by atoms with Crippen molar-refractivity contribution in [2.75, 3.05) is 13.2 Å². The number of ether oxygens (including phenoxy) is 1. The van der Waals surface area contributed by atoms with Gasteiger partial charge in [-0.2, -0.15) is 0 Å². The molecule has 2 rings (SSSR count). The Kier molecular flexibility index (Phi) is 5.86. The van der Waals surface area contributed by atoms with Crippen LogP contribution in [-0.2, 0) is 11.3 Å². The van der Waals surface area contributed by atoms with Gasteiger partial charge in [0.1, 0.15) is 10.8 Å². The quantitative estimate of drug-likeness (QED) is 0.636. The van der Waals surface area contributed by atoms with E-state index in [2.05, 4.69) is 10.3 Å². The van der Waals surface area contributed by atoms with Crippen molar-refractivity contribution in [2.45, 2.75) is 13.5 Å². The number of halogens is 3. The highest BCUT2D eigenvalue weighted by molar-refractivity contribution is 6.31. The molecule has 0 aliphatic heterocycles. The van der Waals surface area contributed by atoms with E-state index in [1.165, 1.54) is 12.5 Å². The second-order valence-corrected chi connectivity index (χ2v) is 5.07. The van der Waals surface area contributed by atoms with E-state index in [1.54, 1.807) is 11.5 Å². The molecule has 0 unspecified atom stereocenters. The monoisotopic (exact) mass is 357 g/mol. The topological polar surface area (TPSA) is 73.2 Å². The Labute approximate surface area is 141 Å². The third-order valence-corrected chi connectivity index (χ3v) is 3.40. The van der Waals surface area contributed by atoms with Crippen molar-refractivity contribution < 1.29 is 23.1 Å². The predicted molar refractivity (Wildman–Crippen MR) is 81.9 cm³/mol. The average Bonchev–Trinajstić information content (AvgIpc) is 3.02. The molecule has 1 aromatic heterocycles. The van der Waals surface area contributed by atoms with Crippen LogP contribution in [0.3, 0.4) is 0 Å². The zero-order valence-corrected chi connectivity index (χ0v) is 13.4. The van der Waals surface area contributed by atoms with E-state index in [0.29, 0.717) is 6.54 Å². The minimum Gasteiger partial charge on any atom is -0.461 e. The zero-order valence-electron chi connectivity index (χ0n) is 12.7. The zero-order chi connectivity index (χ0) is 17.7. The molecule has 1 aromatic carbocycles. The first-order chi connectivity index (χ1) is 11.4. The summed E-state index contributed by atoms with van der Waals surface area (Å²) >= 11 is 5.43. The van der Waals surface area contributed by atoms with Crippen LogP contribution < -0.4 is 5.32 Å². The summed E-state index contributed by atoms with van der Waals surface area (Å²) in [5.74, 6) is -3.31. The van der Waals surface area contributed by atoms with Crippen molar-refractivity contribution in [1.29, 1.82) is 0 Å². The van der Waals surface area contributed by atoms with Crippen molar-refractivity contribution in [3.05, 3.63) is 52.6 Å². The molecular formula is C15H14ClF2N3O3. The Hall–Kier alpha value is -2.48. The van der Waals surface area contributed by atoms with E-state index in [0.717, 1.165) is 12.1 Å². The number of aromatic nitrogens is 2. The highest BCUT2D eigenvalue weighted by atomic mass is 35.5. The first-order valence-electron chi connectivity index (χ1n) is 7.04. The van der Waals surface area contributed by atoms with Crippen molar-refractivity contribution in [1.82, 2.24) is 14.9 Å². The van der Waals surface area contributed by atoms with Crippen LogP contribution in [0.2, 0.25) is 5.02 Å². The maximum atomic E-state index is 13.7. The molecule has 2 aromatic rings. The van der Waals surface area contributed by atoms with Gasteiger partial charge in [0.2, 0.25) is 0 Å². The number of imidazole rings is 1. The number of nitrogens with one attached hydrogen (secondary N) is 1. The Morgan fingerprint density at radius 2 is 2.12 bits per heavy atom. The van der Waals surface area contributed by atoms with Gasteiger partial charge in [-0.15, -0.1) is 0 Å². The number of amides is 1. The van der Waals surface area contributed by atoms with Crippen LogP contribution in [0.1, 0.15) is 27.8 Å². The molecule has 1 N–H and O–H groups in total. The second-order valence-electron chi connectivity index (χ2n) is 4.70. The summed E-state index contributed by atoms with van der Waals surface area (Å²) in [6, 6.07) is 1.93. The summed E-state index contributed by atoms with van der Waals surface area (Å²) in [7, 11) is 0. The van der Waals surface area contributed by atoms with Gasteiger partial charge in [-0.1, -0.05) is 11.6 Å². The van der Waals surface area contributed by atoms with E-state index in [-0.39, 0.29) is 24.4 Å². The van der Waals surface area contributed by atoms with Crippen LogP contribution >= 0.6 is 11.6 Å². The molecule has 0 spiro atoms. The van der Waals surface area contributed by atoms with E-state index >= 15 is 0 Å². The summed E-state index contributed by atoms with van der Waals surface area (Å²) in [4.78, 5) is 27.2. The largest absolute Gasteiger partial charge is 0.461 e. The fourth-order valence-corrected chi connectivity index (χ4v) is 2.05. The molecule has 0 aliphatic rings. The number of hydrogen-bond donors (Lipinski definition) is 1. The molecule has 0 saturated heterocycles. The number of nitrogens with zero attached hydrogens (tertiary/aromatic N) is 2. The van der Waals surface area contributed by atoms with Gasteiger partial charge in [-0.3, -0.25) is 4.79 Å². The van der Waals surface area contributed by atoms with E-state index < -0.39 is 28.5 Å². The standard InChI is InChI=1S/C15H14ClF2N3O3/c1-2-24-15(23)11-7-21(8-20-11)6-5-19-14(22)9-3-4-10(17)12(16)13(9)18/h3-4,7-8H,2,5-6H2,1H3,(H,19,22). The molecule has 6 nitrogen and oxygen atoms in total. The summed E-state index contributed by atoms with van der Waals surface area (Å²) in [5.41, 5.74) is -0.196. The number of carbonyl (C=O) groups is 2. The number of rotatable bonds is 6. The first kappa shape index (κ1) is 17.9. The molecule has 0 radical (unpaired) electrons. The van der Waals surface area contributed by atoms with Gasteiger partial charge < -0.3 is 14.6 Å². The van der Waals surface area contributed by atoms with E-state index in [9.17, 15) is 18.4 Å². The molecule has 0 bridgehead atoms. The number of hydrogen-bond acceptors (Lipinski definition) is 4. The molecule has 1 amide bonds. The van der Waals surface area contributed by atoms with Crippen LogP contribution in [-0.4, -0.2) is 34.6 Å². The van der Waals surface area contributed by atoms with Gasteiger partial charge in [0.15, 0.2) is 11.5 Å². The maximum absolute atomic E-state index is 13.7. The molecular weight excluding hydrogens is 344 g/mol. The molecule has 24 heavy (non-hydrogen) atoms. The van der Waals surface area contributed by atoms with Crippen LogP contribution in [0.5, 0.6) is 0 Å². The van der Waals surface area contributed by atoms with Crippen molar-refractivity contribution in [2.24, 2.45) is 0 Å². The second kappa shape index (κ2) is 7.87. The fraction of sp³-hybridized carbons (Fsp3) is 0.267. The Morgan fingerprint density at radius 3 is 2.83 bits per heavy atom. The lowest BCUT2D eigenvalue weighted by Gasteiger charge is -2.07. The van der Waals surface area contributed by atoms with Crippen molar-refractivity contribution in [3.63, 3.8) is 0 Å². The van der Waals surface area contributed by atoms with Gasteiger partial charge in [-0.25, -0.2) is 18.6 Å². The minimum absolute atomic E-state index is 0.145. The summed E-state index contributed by atoms with van der Waals surface area (Å²) in [5, 5.41) is 1.75. The van der Waals surface area contributed by atoms with E-state index in [4.69, 9.17) is 16.3 Å². The SMILES string of the molecule is CCOC(=O)c1cn(CCNC(=O)c2ccc(F)c(Cl)c2F)cn1. The van der Waals surface area contributed by atoms with Crippen LogP contribution in [0.4, 0.5) is 8.78 Å². The third kappa shape index (κ3) is 4.08. The van der Waals surface area contributed by atoms with Gasteiger partial charge in [0, 0.05) is 19.3 Å². The van der Waals surface area contributed by atoms with E-state index in [1.807, 2.05) is 0 Å². The maximum Gasteiger partial charge on any atom is 0.358 e. The van der Waals surface area contributed by atoms with Crippen molar-refractivity contribution in [3.8, 4) is 0 Å². The summed E-state index contributed by atoms with van der Waals surface area (Å²) in [6.45, 7) is 2.37.